The van der Waals surface area contributed by atoms with Gasteiger partial charge in [0.15, 0.2) is 0 Å². The topological polar surface area (TPSA) is 38.3 Å². The van der Waals surface area contributed by atoms with Crippen LogP contribution in [-0.4, -0.2) is 25.7 Å². The van der Waals surface area contributed by atoms with Crippen molar-refractivity contribution in [3.05, 3.63) is 0 Å². The second-order valence-corrected chi connectivity index (χ2v) is 3.47. The predicted octanol–water partition coefficient (Wildman–Crippen LogP) is 0.938. The van der Waals surface area contributed by atoms with Gasteiger partial charge in [-0.05, 0) is 26.2 Å². The van der Waals surface area contributed by atoms with Crippen LogP contribution in [0.1, 0.15) is 26.2 Å². The van der Waals surface area contributed by atoms with Gasteiger partial charge in [-0.25, -0.2) is 0 Å². The number of methoxy groups -OCH3 is 1. The summed E-state index contributed by atoms with van der Waals surface area (Å²) < 4.78 is 4.92. The Bertz CT molecular complexity index is 155. The van der Waals surface area contributed by atoms with Crippen LogP contribution in [0.25, 0.3) is 0 Å². The Kier molecular flexibility index (Phi) is 3.53. The van der Waals surface area contributed by atoms with E-state index >= 15 is 0 Å². The van der Waals surface area contributed by atoms with Crippen molar-refractivity contribution in [1.82, 2.24) is 5.32 Å². The molecule has 0 spiro atoms. The maximum absolute atomic E-state index is 11.2. The summed E-state index contributed by atoms with van der Waals surface area (Å²) in [6.45, 7) is 2.73. The van der Waals surface area contributed by atoms with E-state index < -0.39 is 0 Å². The van der Waals surface area contributed by atoms with E-state index in [0.717, 1.165) is 19.3 Å². The Labute approximate surface area is 73.5 Å². The third kappa shape index (κ3) is 3.22. The van der Waals surface area contributed by atoms with Gasteiger partial charge in [0.1, 0.15) is 0 Å². The summed E-state index contributed by atoms with van der Waals surface area (Å²) in [6, 6.07) is 0.248. The van der Waals surface area contributed by atoms with Gasteiger partial charge in [-0.2, -0.15) is 0 Å². The zero-order valence-electron chi connectivity index (χ0n) is 7.80. The van der Waals surface area contributed by atoms with Crippen LogP contribution < -0.4 is 5.32 Å². The van der Waals surface area contributed by atoms with Crippen LogP contribution >= 0.6 is 0 Å². The predicted molar refractivity (Wildman–Crippen MR) is 46.8 cm³/mol. The molecule has 0 heterocycles. The minimum Gasteiger partial charge on any atom is -0.385 e. The normalized spacial score (nSPS) is 18.8. The number of carbonyl (C=O) groups excluding carboxylic acids is 1. The summed E-state index contributed by atoms with van der Waals surface area (Å²) in [7, 11) is 1.68. The highest BCUT2D eigenvalue weighted by Crippen LogP contribution is 2.28. The maximum Gasteiger partial charge on any atom is 0.223 e. The average Bonchev–Trinajstić information content (AvgIpc) is 2.82. The van der Waals surface area contributed by atoms with E-state index in [1.807, 2.05) is 6.92 Å². The number of hydrogen-bond acceptors (Lipinski definition) is 2. The molecule has 1 N–H and O–H groups in total. The zero-order valence-corrected chi connectivity index (χ0v) is 7.80. The third-order valence-electron chi connectivity index (χ3n) is 2.09. The molecule has 1 aliphatic carbocycles. The van der Waals surface area contributed by atoms with Crippen LogP contribution in [0.15, 0.2) is 0 Å². The molecule has 1 saturated carbocycles. The van der Waals surface area contributed by atoms with Gasteiger partial charge in [-0.1, -0.05) is 0 Å². The number of hydrogen-bond donors (Lipinski definition) is 1. The van der Waals surface area contributed by atoms with Gasteiger partial charge >= 0.3 is 0 Å². The quantitative estimate of drug-likeness (QED) is 0.668. The highest BCUT2D eigenvalue weighted by atomic mass is 16.5. The summed E-state index contributed by atoms with van der Waals surface area (Å²) in [5.41, 5.74) is 0. The van der Waals surface area contributed by atoms with Crippen molar-refractivity contribution < 1.29 is 9.53 Å². The van der Waals surface area contributed by atoms with Gasteiger partial charge in [0.05, 0.1) is 0 Å². The fourth-order valence-corrected chi connectivity index (χ4v) is 1.07. The first kappa shape index (κ1) is 9.52. The Morgan fingerprint density at radius 3 is 2.83 bits per heavy atom. The van der Waals surface area contributed by atoms with Crippen molar-refractivity contribution in [2.24, 2.45) is 5.92 Å². The molecule has 70 valence electrons. The molecule has 0 saturated heterocycles. The van der Waals surface area contributed by atoms with E-state index in [9.17, 15) is 4.79 Å². The summed E-state index contributed by atoms with van der Waals surface area (Å²) in [4.78, 5) is 11.2. The van der Waals surface area contributed by atoms with Crippen LogP contribution in [0.2, 0.25) is 0 Å². The highest BCUT2D eigenvalue weighted by Gasteiger charge is 2.29. The van der Waals surface area contributed by atoms with Gasteiger partial charge in [0, 0.05) is 25.7 Å². The number of amides is 1. The van der Waals surface area contributed by atoms with Gasteiger partial charge in [0.2, 0.25) is 5.91 Å². The van der Waals surface area contributed by atoms with Crippen molar-refractivity contribution in [2.45, 2.75) is 32.2 Å². The Morgan fingerprint density at radius 2 is 2.33 bits per heavy atom. The monoisotopic (exact) mass is 171 g/mol. The van der Waals surface area contributed by atoms with Gasteiger partial charge in [0.25, 0.3) is 0 Å². The molecule has 1 amide bonds. The largest absolute Gasteiger partial charge is 0.385 e. The molecule has 12 heavy (non-hydrogen) atoms. The standard InChI is InChI=1S/C9H17NO2/c1-7(5-6-12-2)10-9(11)8-3-4-8/h7-8H,3-6H2,1-2H3,(H,10,11). The first-order valence-electron chi connectivity index (χ1n) is 4.53. The van der Waals surface area contributed by atoms with E-state index in [1.54, 1.807) is 7.11 Å². The second kappa shape index (κ2) is 4.45. The molecule has 3 heteroatoms. The van der Waals surface area contributed by atoms with Crippen LogP contribution in [0, 0.1) is 5.92 Å². The number of carbonyl (C=O) groups is 1. The molecular formula is C9H17NO2. The molecule has 0 aromatic heterocycles. The maximum atomic E-state index is 11.2. The minimum absolute atomic E-state index is 0.221. The summed E-state index contributed by atoms with van der Waals surface area (Å²) in [6.07, 6.45) is 3.04. The Morgan fingerprint density at radius 1 is 1.67 bits per heavy atom. The van der Waals surface area contributed by atoms with E-state index in [0.29, 0.717) is 12.5 Å². The van der Waals surface area contributed by atoms with Gasteiger partial charge in [-0.3, -0.25) is 4.79 Å². The highest BCUT2D eigenvalue weighted by molar-refractivity contribution is 5.81. The second-order valence-electron chi connectivity index (χ2n) is 3.47. The molecule has 0 aromatic rings. The number of nitrogens with one attached hydrogen (secondary N) is 1. The van der Waals surface area contributed by atoms with E-state index in [-0.39, 0.29) is 11.9 Å². The molecule has 1 unspecified atom stereocenters. The lowest BCUT2D eigenvalue weighted by Gasteiger charge is -2.12. The SMILES string of the molecule is COCCC(C)NC(=O)C1CC1. The lowest BCUT2D eigenvalue weighted by molar-refractivity contribution is -0.122. The molecule has 0 aromatic carbocycles. The van der Waals surface area contributed by atoms with Crippen LogP contribution in [-0.2, 0) is 9.53 Å². The van der Waals surface area contributed by atoms with Gasteiger partial charge < -0.3 is 10.1 Å². The first-order chi connectivity index (χ1) is 5.74. The lowest BCUT2D eigenvalue weighted by Crippen LogP contribution is -2.34. The molecule has 3 nitrogen and oxygen atoms in total. The molecular weight excluding hydrogens is 154 g/mol. The molecule has 0 bridgehead atoms. The van der Waals surface area contributed by atoms with Crippen molar-refractivity contribution >= 4 is 5.91 Å². The summed E-state index contributed by atoms with van der Waals surface area (Å²) in [5.74, 6) is 0.536. The fourth-order valence-electron chi connectivity index (χ4n) is 1.07. The van der Waals surface area contributed by atoms with Crippen molar-refractivity contribution in [1.29, 1.82) is 0 Å². The summed E-state index contributed by atoms with van der Waals surface area (Å²) in [5, 5.41) is 2.96. The molecule has 1 atom stereocenters. The average molecular weight is 171 g/mol. The molecule has 1 rings (SSSR count). The number of rotatable bonds is 5. The van der Waals surface area contributed by atoms with Crippen LogP contribution in [0.4, 0.5) is 0 Å². The Balaban J connectivity index is 2.07. The van der Waals surface area contributed by atoms with Crippen molar-refractivity contribution in [2.75, 3.05) is 13.7 Å². The number of ether oxygens (including phenoxy) is 1. The van der Waals surface area contributed by atoms with E-state index in [4.69, 9.17) is 4.74 Å². The third-order valence-corrected chi connectivity index (χ3v) is 2.09. The van der Waals surface area contributed by atoms with Gasteiger partial charge in [-0.15, -0.1) is 0 Å². The van der Waals surface area contributed by atoms with Crippen LogP contribution in [0.3, 0.4) is 0 Å². The minimum atomic E-state index is 0.221. The van der Waals surface area contributed by atoms with Crippen molar-refractivity contribution in [3.8, 4) is 0 Å². The first-order valence-corrected chi connectivity index (χ1v) is 4.53. The summed E-state index contributed by atoms with van der Waals surface area (Å²) >= 11 is 0. The smallest absolute Gasteiger partial charge is 0.223 e. The fraction of sp³-hybridized carbons (Fsp3) is 0.889. The lowest BCUT2D eigenvalue weighted by atomic mass is 10.2. The van der Waals surface area contributed by atoms with E-state index in [1.165, 1.54) is 0 Å². The zero-order chi connectivity index (χ0) is 8.97. The van der Waals surface area contributed by atoms with Crippen molar-refractivity contribution in [3.63, 3.8) is 0 Å². The molecule has 1 aliphatic rings. The Hall–Kier alpha value is -0.570. The molecule has 0 radical (unpaired) electrons. The molecule has 0 aliphatic heterocycles. The molecule has 1 fully saturated rings. The van der Waals surface area contributed by atoms with Crippen LogP contribution in [0.5, 0.6) is 0 Å². The van der Waals surface area contributed by atoms with E-state index in [2.05, 4.69) is 5.32 Å².